The number of ketones is 1. The van der Waals surface area contributed by atoms with Crippen LogP contribution in [0.1, 0.15) is 21.5 Å². The summed E-state index contributed by atoms with van der Waals surface area (Å²) in [4.78, 5) is 11.9. The molecular formula is C17H16ClNO. The van der Waals surface area contributed by atoms with Crippen molar-refractivity contribution >= 4 is 23.1 Å². The van der Waals surface area contributed by atoms with Gasteiger partial charge in [0.1, 0.15) is 0 Å². The van der Waals surface area contributed by atoms with Crippen LogP contribution in [0.4, 0.5) is 5.69 Å². The second-order valence-corrected chi connectivity index (χ2v) is 5.10. The summed E-state index contributed by atoms with van der Waals surface area (Å²) in [7, 11) is 0. The minimum atomic E-state index is -0.0304. The van der Waals surface area contributed by atoms with E-state index in [1.165, 1.54) is 6.08 Å². The van der Waals surface area contributed by atoms with E-state index in [-0.39, 0.29) is 5.78 Å². The Labute approximate surface area is 124 Å². The van der Waals surface area contributed by atoms with Crippen molar-refractivity contribution in [3.63, 3.8) is 0 Å². The van der Waals surface area contributed by atoms with Crippen LogP contribution in [0.25, 0.3) is 0 Å². The first-order valence-corrected chi connectivity index (χ1v) is 6.74. The van der Waals surface area contributed by atoms with E-state index in [0.29, 0.717) is 10.6 Å². The molecule has 0 saturated carbocycles. The summed E-state index contributed by atoms with van der Waals surface area (Å²) in [5.74, 6) is -0.0304. The van der Waals surface area contributed by atoms with Crippen LogP contribution in [0, 0.1) is 13.8 Å². The van der Waals surface area contributed by atoms with Gasteiger partial charge < -0.3 is 5.32 Å². The molecule has 0 atom stereocenters. The first-order chi connectivity index (χ1) is 9.56. The van der Waals surface area contributed by atoms with Crippen LogP contribution in [0.2, 0.25) is 5.02 Å². The number of nitrogens with one attached hydrogen (secondary N) is 1. The van der Waals surface area contributed by atoms with Crippen LogP contribution >= 0.6 is 11.6 Å². The van der Waals surface area contributed by atoms with Crippen molar-refractivity contribution in [1.29, 1.82) is 0 Å². The van der Waals surface area contributed by atoms with Gasteiger partial charge in [0.2, 0.25) is 0 Å². The lowest BCUT2D eigenvalue weighted by molar-refractivity contribution is 0.104. The number of carbonyl (C=O) groups excluding carboxylic acids is 1. The molecule has 0 unspecified atom stereocenters. The summed E-state index contributed by atoms with van der Waals surface area (Å²) in [6.45, 7) is 3.97. The number of benzene rings is 2. The zero-order valence-electron chi connectivity index (χ0n) is 11.5. The Kier molecular flexibility index (Phi) is 4.59. The van der Waals surface area contributed by atoms with Gasteiger partial charge in [-0.15, -0.1) is 0 Å². The highest BCUT2D eigenvalue weighted by Gasteiger charge is 2.01. The van der Waals surface area contributed by atoms with E-state index in [2.05, 4.69) is 5.32 Å². The molecule has 0 aliphatic heterocycles. The lowest BCUT2D eigenvalue weighted by Crippen LogP contribution is -1.97. The number of hydrogen-bond acceptors (Lipinski definition) is 2. The molecule has 0 amide bonds. The fraction of sp³-hybridized carbons (Fsp3) is 0.118. The molecule has 0 fully saturated rings. The van der Waals surface area contributed by atoms with Crippen molar-refractivity contribution in [1.82, 2.24) is 0 Å². The summed E-state index contributed by atoms with van der Waals surface area (Å²) < 4.78 is 0. The fourth-order valence-corrected chi connectivity index (χ4v) is 1.94. The topological polar surface area (TPSA) is 29.1 Å². The fourth-order valence-electron chi connectivity index (χ4n) is 1.77. The Hall–Kier alpha value is -2.06. The summed E-state index contributed by atoms with van der Waals surface area (Å²) >= 11 is 5.94. The van der Waals surface area contributed by atoms with E-state index in [1.807, 2.05) is 56.3 Å². The van der Waals surface area contributed by atoms with Crippen molar-refractivity contribution in [3.8, 4) is 0 Å². The van der Waals surface area contributed by atoms with Crippen LogP contribution in [-0.2, 0) is 0 Å². The van der Waals surface area contributed by atoms with Crippen LogP contribution in [0.3, 0.4) is 0 Å². The molecule has 0 heterocycles. The van der Waals surface area contributed by atoms with Gasteiger partial charge in [0.25, 0.3) is 0 Å². The van der Waals surface area contributed by atoms with Gasteiger partial charge in [0.05, 0.1) is 0 Å². The van der Waals surface area contributed by atoms with E-state index in [0.717, 1.165) is 16.8 Å². The van der Waals surface area contributed by atoms with Crippen molar-refractivity contribution in [2.45, 2.75) is 13.8 Å². The second-order valence-electron chi connectivity index (χ2n) is 4.67. The molecule has 20 heavy (non-hydrogen) atoms. The van der Waals surface area contributed by atoms with E-state index in [4.69, 9.17) is 11.6 Å². The summed E-state index contributed by atoms with van der Waals surface area (Å²) in [6, 6.07) is 13.1. The summed E-state index contributed by atoms with van der Waals surface area (Å²) in [5.41, 5.74) is 3.78. The number of carbonyl (C=O) groups is 1. The average Bonchev–Trinajstić information content (AvgIpc) is 2.43. The van der Waals surface area contributed by atoms with Gasteiger partial charge in [-0.2, -0.15) is 0 Å². The van der Waals surface area contributed by atoms with E-state index in [9.17, 15) is 4.79 Å². The van der Waals surface area contributed by atoms with Crippen molar-refractivity contribution in [2.75, 3.05) is 5.32 Å². The Balaban J connectivity index is 2.04. The number of hydrogen-bond donors (Lipinski definition) is 1. The first-order valence-electron chi connectivity index (χ1n) is 6.36. The van der Waals surface area contributed by atoms with E-state index < -0.39 is 0 Å². The maximum absolute atomic E-state index is 11.9. The SMILES string of the molecule is Cc1ccc(C(=O)/C=C/Nc2cc(Cl)ccc2C)cc1. The molecule has 0 radical (unpaired) electrons. The van der Waals surface area contributed by atoms with Gasteiger partial charge in [-0.1, -0.05) is 47.5 Å². The Morgan fingerprint density at radius 3 is 2.50 bits per heavy atom. The number of anilines is 1. The number of aryl methyl sites for hydroxylation is 2. The molecule has 0 aromatic heterocycles. The molecule has 2 nitrogen and oxygen atoms in total. The lowest BCUT2D eigenvalue weighted by Gasteiger charge is -2.05. The van der Waals surface area contributed by atoms with Gasteiger partial charge in [0, 0.05) is 28.5 Å². The predicted molar refractivity (Wildman–Crippen MR) is 84.5 cm³/mol. The third-order valence-electron chi connectivity index (χ3n) is 3.01. The third kappa shape index (κ3) is 3.72. The van der Waals surface area contributed by atoms with Crippen LogP contribution in [0.15, 0.2) is 54.7 Å². The Bertz CT molecular complexity index is 645. The molecule has 0 aliphatic rings. The van der Waals surface area contributed by atoms with Gasteiger partial charge in [-0.25, -0.2) is 0 Å². The number of allylic oxidation sites excluding steroid dienone is 1. The van der Waals surface area contributed by atoms with Crippen LogP contribution < -0.4 is 5.32 Å². The molecule has 2 aromatic rings. The minimum Gasteiger partial charge on any atom is -0.361 e. The maximum Gasteiger partial charge on any atom is 0.187 e. The molecular weight excluding hydrogens is 270 g/mol. The Morgan fingerprint density at radius 2 is 1.80 bits per heavy atom. The first kappa shape index (κ1) is 14.4. The summed E-state index contributed by atoms with van der Waals surface area (Å²) in [6.07, 6.45) is 3.16. The van der Waals surface area contributed by atoms with Gasteiger partial charge >= 0.3 is 0 Å². The molecule has 0 aliphatic carbocycles. The molecule has 0 bridgehead atoms. The smallest absolute Gasteiger partial charge is 0.187 e. The minimum absolute atomic E-state index is 0.0304. The van der Waals surface area contributed by atoms with Crippen molar-refractivity contribution < 1.29 is 4.79 Å². The standard InChI is InChI=1S/C17H16ClNO/c1-12-3-6-14(7-4-12)17(20)9-10-19-16-11-15(18)8-5-13(16)2/h3-11,19H,1-2H3/b10-9+. The highest BCUT2D eigenvalue weighted by Crippen LogP contribution is 2.20. The van der Waals surface area contributed by atoms with Crippen molar-refractivity contribution in [3.05, 3.63) is 76.5 Å². The highest BCUT2D eigenvalue weighted by molar-refractivity contribution is 6.30. The van der Waals surface area contributed by atoms with Crippen LogP contribution in [0.5, 0.6) is 0 Å². The average molecular weight is 286 g/mol. The largest absolute Gasteiger partial charge is 0.361 e. The molecule has 0 saturated heterocycles. The molecule has 2 rings (SSSR count). The third-order valence-corrected chi connectivity index (χ3v) is 3.24. The second kappa shape index (κ2) is 6.40. The van der Waals surface area contributed by atoms with E-state index >= 15 is 0 Å². The zero-order valence-corrected chi connectivity index (χ0v) is 12.2. The molecule has 1 N–H and O–H groups in total. The normalized spacial score (nSPS) is 10.8. The molecule has 102 valence electrons. The zero-order chi connectivity index (χ0) is 14.5. The molecule has 3 heteroatoms. The van der Waals surface area contributed by atoms with Gasteiger partial charge in [0.15, 0.2) is 5.78 Å². The number of rotatable bonds is 4. The van der Waals surface area contributed by atoms with Gasteiger partial charge in [-0.05, 0) is 31.5 Å². The Morgan fingerprint density at radius 1 is 1.10 bits per heavy atom. The van der Waals surface area contributed by atoms with Crippen LogP contribution in [-0.4, -0.2) is 5.78 Å². The maximum atomic E-state index is 11.9. The van der Waals surface area contributed by atoms with E-state index in [1.54, 1.807) is 6.20 Å². The molecule has 0 spiro atoms. The highest BCUT2D eigenvalue weighted by atomic mass is 35.5. The summed E-state index contributed by atoms with van der Waals surface area (Å²) in [5, 5.41) is 3.74. The number of halogens is 1. The lowest BCUT2D eigenvalue weighted by atomic mass is 10.1. The molecule has 2 aromatic carbocycles. The van der Waals surface area contributed by atoms with Crippen molar-refractivity contribution in [2.24, 2.45) is 0 Å². The van der Waals surface area contributed by atoms with Gasteiger partial charge in [-0.3, -0.25) is 4.79 Å². The monoisotopic (exact) mass is 285 g/mol. The quantitative estimate of drug-likeness (QED) is 0.648. The predicted octanol–water partition coefficient (Wildman–Crippen LogP) is 4.77.